The topological polar surface area (TPSA) is 64.8 Å². The first-order valence-corrected chi connectivity index (χ1v) is 9.29. The lowest BCUT2D eigenvalue weighted by Crippen LogP contribution is -2.15. The highest BCUT2D eigenvalue weighted by molar-refractivity contribution is 7.91. The fourth-order valence-electron chi connectivity index (χ4n) is 2.91. The van der Waals surface area contributed by atoms with Crippen molar-refractivity contribution in [3.63, 3.8) is 0 Å². The van der Waals surface area contributed by atoms with Gasteiger partial charge in [-0.15, -0.1) is 11.6 Å². The maximum absolute atomic E-state index is 11.6. The summed E-state index contributed by atoms with van der Waals surface area (Å²) in [6, 6.07) is 1.92. The van der Waals surface area contributed by atoms with Crippen LogP contribution in [0.1, 0.15) is 30.1 Å². The van der Waals surface area contributed by atoms with E-state index in [0.717, 1.165) is 22.6 Å². The highest BCUT2D eigenvalue weighted by Gasteiger charge is 2.29. The van der Waals surface area contributed by atoms with Crippen molar-refractivity contribution in [2.45, 2.75) is 32.2 Å². The van der Waals surface area contributed by atoms with Gasteiger partial charge in [0.05, 0.1) is 16.9 Å². The van der Waals surface area contributed by atoms with Crippen molar-refractivity contribution >= 4 is 32.6 Å². The van der Waals surface area contributed by atoms with Gasteiger partial charge < -0.3 is 4.57 Å². The molecule has 0 saturated carbocycles. The minimum atomic E-state index is -2.88. The second-order valence-electron chi connectivity index (χ2n) is 5.77. The van der Waals surface area contributed by atoms with E-state index >= 15 is 0 Å². The van der Waals surface area contributed by atoms with Gasteiger partial charge in [-0.3, -0.25) is 0 Å². The Labute approximate surface area is 129 Å². The SMILES string of the molecule is Cc1ccnc2c1nc(C(C)Cl)n2CC1CCS(=O)(=O)C1. The molecule has 21 heavy (non-hydrogen) atoms. The van der Waals surface area contributed by atoms with Gasteiger partial charge in [0.25, 0.3) is 0 Å². The normalized spacial score (nSPS) is 22.7. The van der Waals surface area contributed by atoms with Crippen LogP contribution in [-0.4, -0.2) is 34.5 Å². The summed E-state index contributed by atoms with van der Waals surface area (Å²) in [6.45, 7) is 4.47. The molecule has 1 aliphatic rings. The average Bonchev–Trinajstić information content (AvgIpc) is 2.92. The lowest BCUT2D eigenvalue weighted by Gasteiger charge is -2.13. The molecule has 0 aliphatic carbocycles. The van der Waals surface area contributed by atoms with Crippen molar-refractivity contribution in [2.75, 3.05) is 11.5 Å². The Bertz CT molecular complexity index is 783. The number of rotatable bonds is 3. The fourth-order valence-corrected chi connectivity index (χ4v) is 4.93. The second-order valence-corrected chi connectivity index (χ2v) is 8.65. The quantitative estimate of drug-likeness (QED) is 0.812. The molecule has 0 aromatic carbocycles. The van der Waals surface area contributed by atoms with Gasteiger partial charge in [-0.1, -0.05) is 0 Å². The summed E-state index contributed by atoms with van der Waals surface area (Å²) in [5, 5.41) is -0.239. The summed E-state index contributed by atoms with van der Waals surface area (Å²) < 4.78 is 25.3. The molecule has 0 bridgehead atoms. The van der Waals surface area contributed by atoms with Gasteiger partial charge in [-0.05, 0) is 37.8 Å². The van der Waals surface area contributed by atoms with Crippen molar-refractivity contribution in [1.29, 1.82) is 0 Å². The minimum absolute atomic E-state index is 0.115. The Morgan fingerprint density at radius 3 is 2.90 bits per heavy atom. The Balaban J connectivity index is 2.04. The number of nitrogens with zero attached hydrogens (tertiary/aromatic N) is 3. The molecular formula is C14H18ClN3O2S. The van der Waals surface area contributed by atoms with Crippen molar-refractivity contribution in [3.8, 4) is 0 Å². The van der Waals surface area contributed by atoms with Crippen LogP contribution in [0.5, 0.6) is 0 Å². The van der Waals surface area contributed by atoms with E-state index in [2.05, 4.69) is 9.97 Å². The van der Waals surface area contributed by atoms with E-state index in [0.29, 0.717) is 13.0 Å². The van der Waals surface area contributed by atoms with Crippen LogP contribution >= 0.6 is 11.6 Å². The zero-order valence-electron chi connectivity index (χ0n) is 12.1. The van der Waals surface area contributed by atoms with E-state index in [1.165, 1.54) is 0 Å². The molecule has 2 atom stereocenters. The predicted octanol–water partition coefficient (Wildman–Crippen LogP) is 2.47. The van der Waals surface area contributed by atoms with Crippen LogP contribution in [-0.2, 0) is 16.4 Å². The molecule has 2 aromatic rings. The van der Waals surface area contributed by atoms with Gasteiger partial charge in [0, 0.05) is 12.7 Å². The third kappa shape index (κ3) is 2.79. The van der Waals surface area contributed by atoms with E-state index in [1.54, 1.807) is 6.20 Å². The van der Waals surface area contributed by atoms with Crippen molar-refractivity contribution in [3.05, 3.63) is 23.7 Å². The summed E-state index contributed by atoms with van der Waals surface area (Å²) in [5.41, 5.74) is 2.69. The van der Waals surface area contributed by atoms with Crippen LogP contribution < -0.4 is 0 Å². The maximum atomic E-state index is 11.6. The molecule has 3 rings (SSSR count). The van der Waals surface area contributed by atoms with Crippen molar-refractivity contribution < 1.29 is 8.42 Å². The zero-order chi connectivity index (χ0) is 15.2. The monoisotopic (exact) mass is 327 g/mol. The van der Waals surface area contributed by atoms with Crippen LogP contribution in [0, 0.1) is 12.8 Å². The number of aromatic nitrogens is 3. The summed E-state index contributed by atoms with van der Waals surface area (Å²) in [4.78, 5) is 9.03. The predicted molar refractivity (Wildman–Crippen MR) is 83.3 cm³/mol. The molecule has 2 unspecified atom stereocenters. The van der Waals surface area contributed by atoms with Gasteiger partial charge in [-0.2, -0.15) is 0 Å². The molecule has 0 N–H and O–H groups in total. The number of alkyl halides is 1. The highest BCUT2D eigenvalue weighted by Crippen LogP contribution is 2.28. The molecule has 0 amide bonds. The molecule has 5 nitrogen and oxygen atoms in total. The van der Waals surface area contributed by atoms with Crippen molar-refractivity contribution in [2.24, 2.45) is 5.92 Å². The number of aryl methyl sites for hydroxylation is 1. The van der Waals surface area contributed by atoms with E-state index in [-0.39, 0.29) is 22.8 Å². The van der Waals surface area contributed by atoms with Crippen LogP contribution in [0.2, 0.25) is 0 Å². The minimum Gasteiger partial charge on any atom is -0.311 e. The maximum Gasteiger partial charge on any atom is 0.160 e. The van der Waals surface area contributed by atoms with Gasteiger partial charge in [0.1, 0.15) is 11.3 Å². The third-order valence-electron chi connectivity index (χ3n) is 3.99. The zero-order valence-corrected chi connectivity index (χ0v) is 13.7. The molecule has 1 aliphatic heterocycles. The molecule has 1 fully saturated rings. The van der Waals surface area contributed by atoms with Crippen LogP contribution in [0.4, 0.5) is 0 Å². The summed E-state index contributed by atoms with van der Waals surface area (Å²) in [7, 11) is -2.88. The second kappa shape index (κ2) is 5.25. The molecule has 7 heteroatoms. The fraction of sp³-hybridized carbons (Fsp3) is 0.571. The first kappa shape index (κ1) is 14.8. The van der Waals surface area contributed by atoms with Crippen LogP contribution in [0.15, 0.2) is 12.3 Å². The van der Waals surface area contributed by atoms with E-state index in [4.69, 9.17) is 11.6 Å². The number of imidazole rings is 1. The molecular weight excluding hydrogens is 310 g/mol. The van der Waals surface area contributed by atoms with Gasteiger partial charge in [-0.25, -0.2) is 18.4 Å². The standard InChI is InChI=1S/C14H18ClN3O2S/c1-9-3-5-16-14-12(9)17-13(10(2)15)18(14)7-11-4-6-21(19,20)8-11/h3,5,10-11H,4,6-8H2,1-2H3. The largest absolute Gasteiger partial charge is 0.311 e. The average molecular weight is 328 g/mol. The van der Waals surface area contributed by atoms with E-state index in [9.17, 15) is 8.42 Å². The van der Waals surface area contributed by atoms with Gasteiger partial charge in [0.15, 0.2) is 15.5 Å². The lowest BCUT2D eigenvalue weighted by atomic mass is 10.1. The first-order chi connectivity index (χ1) is 9.87. The first-order valence-electron chi connectivity index (χ1n) is 7.03. The smallest absolute Gasteiger partial charge is 0.160 e. The Morgan fingerprint density at radius 1 is 1.52 bits per heavy atom. The van der Waals surface area contributed by atoms with Crippen LogP contribution in [0.3, 0.4) is 0 Å². The molecule has 1 saturated heterocycles. The lowest BCUT2D eigenvalue weighted by molar-refractivity contribution is 0.484. The van der Waals surface area contributed by atoms with Crippen molar-refractivity contribution in [1.82, 2.24) is 14.5 Å². The molecule has 2 aromatic heterocycles. The van der Waals surface area contributed by atoms with Crippen LogP contribution in [0.25, 0.3) is 11.2 Å². The van der Waals surface area contributed by atoms with E-state index < -0.39 is 9.84 Å². The summed E-state index contributed by atoms with van der Waals surface area (Å²) in [5.74, 6) is 1.40. The summed E-state index contributed by atoms with van der Waals surface area (Å²) >= 11 is 6.24. The Hall–Kier alpha value is -1.14. The summed E-state index contributed by atoms with van der Waals surface area (Å²) in [6.07, 6.45) is 2.45. The van der Waals surface area contributed by atoms with Gasteiger partial charge >= 0.3 is 0 Å². The molecule has 3 heterocycles. The number of fused-ring (bicyclic) bond motifs is 1. The Morgan fingerprint density at radius 2 is 2.29 bits per heavy atom. The molecule has 0 spiro atoms. The van der Waals surface area contributed by atoms with Gasteiger partial charge in [0.2, 0.25) is 0 Å². The number of hydrogen-bond donors (Lipinski definition) is 0. The number of sulfone groups is 1. The highest BCUT2D eigenvalue weighted by atomic mass is 35.5. The Kier molecular flexibility index (Phi) is 3.69. The number of halogens is 1. The molecule has 0 radical (unpaired) electrons. The number of hydrogen-bond acceptors (Lipinski definition) is 4. The molecule has 114 valence electrons. The third-order valence-corrected chi connectivity index (χ3v) is 6.02. The van der Waals surface area contributed by atoms with E-state index in [1.807, 2.05) is 24.5 Å². The number of pyridine rings is 1.